The zero-order valence-corrected chi connectivity index (χ0v) is 24.4. The highest BCUT2D eigenvalue weighted by molar-refractivity contribution is 7.29. The molecular formula is C30H34O2S4. The van der Waals surface area contributed by atoms with Crippen LogP contribution in [0.5, 0.6) is 0 Å². The molecule has 4 aromatic heterocycles. The van der Waals surface area contributed by atoms with Crippen LogP contribution in [-0.4, -0.2) is 11.6 Å². The highest BCUT2D eigenvalue weighted by Crippen LogP contribution is 2.43. The fraction of sp³-hybridized carbons (Fsp3) is 0.400. The quantitative estimate of drug-likeness (QED) is 0.108. The van der Waals surface area contributed by atoms with E-state index in [4.69, 9.17) is 0 Å². The number of Topliss-reactive ketones (excluding diaryl/α,β-unsaturated/α-hetero) is 2. The predicted octanol–water partition coefficient (Wildman–Crippen LogP) is 11.2. The van der Waals surface area contributed by atoms with Gasteiger partial charge in [0.1, 0.15) is 0 Å². The van der Waals surface area contributed by atoms with Gasteiger partial charge >= 0.3 is 0 Å². The van der Waals surface area contributed by atoms with E-state index in [0.717, 1.165) is 35.4 Å². The Morgan fingerprint density at radius 3 is 1.17 bits per heavy atom. The van der Waals surface area contributed by atoms with Gasteiger partial charge in [0.15, 0.2) is 11.6 Å². The third-order valence-electron chi connectivity index (χ3n) is 6.22. The number of rotatable bonds is 15. The fourth-order valence-corrected chi connectivity index (χ4v) is 8.35. The standard InChI is InChI=1S/C30H34O2S4/c1-3-5-7-9-11-21(31)23-13-15-25(33-23)27-17-19-29(35-27)30-20-18-28(36-30)26-16-14-24(34-26)22(32)12-10-8-6-4-2/h13-20H,3-12H2,1-2H3. The summed E-state index contributed by atoms with van der Waals surface area (Å²) in [6.45, 7) is 4.38. The van der Waals surface area contributed by atoms with Crippen LogP contribution < -0.4 is 0 Å². The van der Waals surface area contributed by atoms with Crippen LogP contribution in [0.2, 0.25) is 0 Å². The lowest BCUT2D eigenvalue weighted by atomic mass is 10.1. The molecule has 0 saturated carbocycles. The van der Waals surface area contributed by atoms with E-state index in [-0.39, 0.29) is 11.6 Å². The molecule has 0 unspecified atom stereocenters. The second kappa shape index (κ2) is 13.6. The predicted molar refractivity (Wildman–Crippen MR) is 160 cm³/mol. The number of carbonyl (C=O) groups is 2. The van der Waals surface area contributed by atoms with Gasteiger partial charge in [-0.25, -0.2) is 0 Å². The van der Waals surface area contributed by atoms with E-state index in [0.29, 0.717) is 12.8 Å². The zero-order valence-electron chi connectivity index (χ0n) is 21.1. The second-order valence-corrected chi connectivity index (χ2v) is 13.5. The van der Waals surface area contributed by atoms with Crippen molar-refractivity contribution in [3.05, 3.63) is 58.3 Å². The SMILES string of the molecule is CCCCCCC(=O)c1ccc(-c2ccc(-c3ccc(-c4ccc(C(=O)CCCCCC)s4)s3)s2)s1. The van der Waals surface area contributed by atoms with Crippen molar-refractivity contribution in [2.45, 2.75) is 78.1 Å². The average Bonchev–Trinajstić information content (AvgIpc) is 3.69. The zero-order chi connectivity index (χ0) is 25.3. The van der Waals surface area contributed by atoms with Crippen LogP contribution >= 0.6 is 45.3 Å². The number of ketones is 2. The molecule has 0 atom stereocenters. The van der Waals surface area contributed by atoms with Crippen LogP contribution in [-0.2, 0) is 0 Å². The lowest BCUT2D eigenvalue weighted by Gasteiger charge is -1.98. The largest absolute Gasteiger partial charge is 0.293 e. The van der Waals surface area contributed by atoms with E-state index in [2.05, 4.69) is 50.2 Å². The molecule has 4 aromatic rings. The molecule has 0 aliphatic rings. The molecule has 0 aliphatic carbocycles. The van der Waals surface area contributed by atoms with Gasteiger partial charge in [0.05, 0.1) is 9.75 Å². The molecule has 2 nitrogen and oxygen atoms in total. The third kappa shape index (κ3) is 7.12. The Balaban J connectivity index is 1.38. The molecule has 0 aliphatic heterocycles. The summed E-state index contributed by atoms with van der Waals surface area (Å²) in [4.78, 5) is 34.1. The minimum Gasteiger partial charge on any atom is -0.293 e. The first-order chi connectivity index (χ1) is 17.6. The van der Waals surface area contributed by atoms with E-state index in [1.165, 1.54) is 54.9 Å². The Labute approximate surface area is 231 Å². The summed E-state index contributed by atoms with van der Waals surface area (Å²) in [5, 5.41) is 0. The Bertz CT molecular complexity index is 1170. The van der Waals surface area contributed by atoms with Crippen LogP contribution in [0.3, 0.4) is 0 Å². The van der Waals surface area contributed by atoms with Crippen molar-refractivity contribution < 1.29 is 9.59 Å². The minimum atomic E-state index is 0.275. The van der Waals surface area contributed by atoms with Crippen molar-refractivity contribution in [3.63, 3.8) is 0 Å². The average molecular weight is 555 g/mol. The number of unbranched alkanes of at least 4 members (excludes halogenated alkanes) is 6. The van der Waals surface area contributed by atoms with Gasteiger partial charge in [-0.15, -0.1) is 45.3 Å². The van der Waals surface area contributed by atoms with Gasteiger partial charge in [0, 0.05) is 42.1 Å². The molecular weight excluding hydrogens is 521 g/mol. The maximum absolute atomic E-state index is 12.5. The van der Waals surface area contributed by atoms with E-state index in [9.17, 15) is 9.59 Å². The molecule has 0 saturated heterocycles. The highest BCUT2D eigenvalue weighted by Gasteiger charge is 2.15. The topological polar surface area (TPSA) is 34.1 Å². The molecule has 0 amide bonds. The molecule has 0 radical (unpaired) electrons. The van der Waals surface area contributed by atoms with Crippen LogP contribution in [0.4, 0.5) is 0 Å². The summed E-state index contributed by atoms with van der Waals surface area (Å²) in [6, 6.07) is 16.9. The third-order valence-corrected chi connectivity index (χ3v) is 11.2. The summed E-state index contributed by atoms with van der Waals surface area (Å²) in [7, 11) is 0. The van der Waals surface area contributed by atoms with Crippen molar-refractivity contribution in [3.8, 4) is 29.3 Å². The van der Waals surface area contributed by atoms with Gasteiger partial charge in [0.25, 0.3) is 0 Å². The van der Waals surface area contributed by atoms with Gasteiger partial charge in [0.2, 0.25) is 0 Å². The molecule has 0 spiro atoms. The van der Waals surface area contributed by atoms with E-state index in [1.807, 2.05) is 12.1 Å². The number of hydrogen-bond acceptors (Lipinski definition) is 6. The molecule has 0 aromatic carbocycles. The molecule has 0 fully saturated rings. The van der Waals surface area contributed by atoms with Crippen molar-refractivity contribution in [2.24, 2.45) is 0 Å². The lowest BCUT2D eigenvalue weighted by Crippen LogP contribution is -1.95. The highest BCUT2D eigenvalue weighted by atomic mass is 32.1. The Kier molecular flexibility index (Phi) is 10.3. The maximum atomic E-state index is 12.5. The monoisotopic (exact) mass is 554 g/mol. The Hall–Kier alpha value is -1.86. The molecule has 4 heterocycles. The van der Waals surface area contributed by atoms with Crippen molar-refractivity contribution in [1.82, 2.24) is 0 Å². The fourth-order valence-electron chi connectivity index (χ4n) is 4.12. The summed E-state index contributed by atoms with van der Waals surface area (Å²) in [6.07, 6.45) is 10.4. The first kappa shape index (κ1) is 27.2. The van der Waals surface area contributed by atoms with Crippen molar-refractivity contribution in [1.29, 1.82) is 0 Å². The summed E-state index contributed by atoms with van der Waals surface area (Å²) >= 11 is 6.79. The van der Waals surface area contributed by atoms with E-state index >= 15 is 0 Å². The smallest absolute Gasteiger partial charge is 0.172 e. The number of hydrogen-bond donors (Lipinski definition) is 0. The normalized spacial score (nSPS) is 11.3. The molecule has 4 rings (SSSR count). The molecule has 6 heteroatoms. The summed E-state index contributed by atoms with van der Waals surface area (Å²) in [5.74, 6) is 0.550. The molecule has 0 bridgehead atoms. The number of carbonyl (C=O) groups excluding carboxylic acids is 2. The van der Waals surface area contributed by atoms with Gasteiger partial charge < -0.3 is 0 Å². The summed E-state index contributed by atoms with van der Waals surface area (Å²) in [5.41, 5.74) is 0. The van der Waals surface area contributed by atoms with Gasteiger partial charge in [-0.05, 0) is 61.4 Å². The molecule has 0 N–H and O–H groups in total. The van der Waals surface area contributed by atoms with Gasteiger partial charge in [-0.3, -0.25) is 9.59 Å². The molecule has 190 valence electrons. The van der Waals surface area contributed by atoms with E-state index in [1.54, 1.807) is 45.3 Å². The van der Waals surface area contributed by atoms with Crippen LogP contribution in [0.15, 0.2) is 48.5 Å². The second-order valence-electron chi connectivity index (χ2n) is 9.12. The van der Waals surface area contributed by atoms with Gasteiger partial charge in [-0.1, -0.05) is 52.4 Å². The van der Waals surface area contributed by atoms with Crippen molar-refractivity contribution >= 4 is 56.9 Å². The first-order valence-electron chi connectivity index (χ1n) is 13.1. The summed E-state index contributed by atoms with van der Waals surface area (Å²) < 4.78 is 0. The Morgan fingerprint density at radius 2 is 0.806 bits per heavy atom. The van der Waals surface area contributed by atoms with Crippen LogP contribution in [0.25, 0.3) is 29.3 Å². The van der Waals surface area contributed by atoms with Crippen LogP contribution in [0.1, 0.15) is 97.4 Å². The van der Waals surface area contributed by atoms with Crippen molar-refractivity contribution in [2.75, 3.05) is 0 Å². The number of thiophene rings is 4. The van der Waals surface area contributed by atoms with E-state index < -0.39 is 0 Å². The van der Waals surface area contributed by atoms with Crippen LogP contribution in [0, 0.1) is 0 Å². The van der Waals surface area contributed by atoms with Gasteiger partial charge in [-0.2, -0.15) is 0 Å². The lowest BCUT2D eigenvalue weighted by molar-refractivity contribution is 0.0975. The Morgan fingerprint density at radius 1 is 0.472 bits per heavy atom. The minimum absolute atomic E-state index is 0.275. The first-order valence-corrected chi connectivity index (χ1v) is 16.3. The molecule has 36 heavy (non-hydrogen) atoms. The maximum Gasteiger partial charge on any atom is 0.172 e.